The van der Waals surface area contributed by atoms with E-state index in [1.54, 1.807) is 13.3 Å². The summed E-state index contributed by atoms with van der Waals surface area (Å²) in [5.74, 6) is 0.816. The summed E-state index contributed by atoms with van der Waals surface area (Å²) in [6.45, 7) is 1.11. The zero-order chi connectivity index (χ0) is 13.8. The van der Waals surface area contributed by atoms with Gasteiger partial charge in [-0.3, -0.25) is 0 Å². The zero-order valence-electron chi connectivity index (χ0n) is 10.9. The molecule has 0 radical (unpaired) electrons. The number of ether oxygens (including phenoxy) is 2. The summed E-state index contributed by atoms with van der Waals surface area (Å²) < 4.78 is 18.9. The molecule has 2 aromatic heterocycles. The van der Waals surface area contributed by atoms with E-state index in [0.717, 1.165) is 22.4 Å². The third-order valence-electron chi connectivity index (χ3n) is 2.84. The predicted octanol–water partition coefficient (Wildman–Crippen LogP) is 2.78. The van der Waals surface area contributed by atoms with E-state index in [1.807, 2.05) is 30.3 Å². The van der Waals surface area contributed by atoms with Crippen molar-refractivity contribution in [3.8, 4) is 16.9 Å². The Labute approximate surface area is 120 Å². The molecule has 0 saturated heterocycles. The lowest BCUT2D eigenvalue weighted by Gasteiger charge is -2.07. The lowest BCUT2D eigenvalue weighted by Crippen LogP contribution is -2.04. The minimum Gasteiger partial charge on any atom is -0.491 e. The molecule has 0 atom stereocenters. The van der Waals surface area contributed by atoms with Crippen molar-refractivity contribution in [3.05, 3.63) is 36.5 Å². The molecule has 0 aliphatic carbocycles. The third kappa shape index (κ3) is 2.76. The topological polar surface area (TPSA) is 57.1 Å². The van der Waals surface area contributed by atoms with Gasteiger partial charge in [-0.2, -0.15) is 8.75 Å². The van der Waals surface area contributed by atoms with Crippen LogP contribution in [0.5, 0.6) is 5.75 Å². The summed E-state index contributed by atoms with van der Waals surface area (Å²) in [5.41, 5.74) is 3.55. The lowest BCUT2D eigenvalue weighted by molar-refractivity contribution is 0.146. The van der Waals surface area contributed by atoms with E-state index in [9.17, 15) is 0 Å². The monoisotopic (exact) mass is 287 g/mol. The Morgan fingerprint density at radius 1 is 1.10 bits per heavy atom. The van der Waals surface area contributed by atoms with Crippen molar-refractivity contribution >= 4 is 22.9 Å². The number of aromatic nitrogens is 3. The fraction of sp³-hybridized carbons (Fsp3) is 0.214. The number of benzene rings is 1. The predicted molar refractivity (Wildman–Crippen MR) is 78.0 cm³/mol. The van der Waals surface area contributed by atoms with E-state index >= 15 is 0 Å². The highest BCUT2D eigenvalue weighted by molar-refractivity contribution is 7.00. The Bertz CT molecular complexity index is 714. The zero-order valence-corrected chi connectivity index (χ0v) is 11.8. The van der Waals surface area contributed by atoms with Crippen molar-refractivity contribution < 1.29 is 9.47 Å². The van der Waals surface area contributed by atoms with Gasteiger partial charge in [0, 0.05) is 18.9 Å². The van der Waals surface area contributed by atoms with Crippen LogP contribution >= 0.6 is 11.7 Å². The molecule has 0 aliphatic heterocycles. The first-order valence-electron chi connectivity index (χ1n) is 6.17. The van der Waals surface area contributed by atoms with Gasteiger partial charge in [-0.05, 0) is 23.8 Å². The summed E-state index contributed by atoms with van der Waals surface area (Å²) in [7, 11) is 1.66. The molecule has 0 fully saturated rings. The maximum atomic E-state index is 5.61. The Morgan fingerprint density at radius 3 is 2.95 bits per heavy atom. The van der Waals surface area contributed by atoms with E-state index in [2.05, 4.69) is 13.7 Å². The molecule has 5 nitrogen and oxygen atoms in total. The Balaban J connectivity index is 1.86. The Morgan fingerprint density at radius 2 is 2.05 bits per heavy atom. The molecule has 1 aromatic carbocycles. The van der Waals surface area contributed by atoms with Crippen LogP contribution in [-0.2, 0) is 4.74 Å². The average molecular weight is 287 g/mol. The highest BCUT2D eigenvalue weighted by atomic mass is 32.1. The maximum Gasteiger partial charge on any atom is 0.193 e. The smallest absolute Gasteiger partial charge is 0.193 e. The number of nitrogens with zero attached hydrogens (tertiary/aromatic N) is 3. The fourth-order valence-corrected chi connectivity index (χ4v) is 2.33. The van der Waals surface area contributed by atoms with E-state index in [-0.39, 0.29) is 0 Å². The van der Waals surface area contributed by atoms with Gasteiger partial charge in [-0.25, -0.2) is 4.98 Å². The SMILES string of the molecule is COCCOc1cccc(-c2cnc3nsnc3c2)c1. The van der Waals surface area contributed by atoms with Gasteiger partial charge in [-0.15, -0.1) is 0 Å². The van der Waals surface area contributed by atoms with Gasteiger partial charge >= 0.3 is 0 Å². The minimum absolute atomic E-state index is 0.535. The highest BCUT2D eigenvalue weighted by Crippen LogP contribution is 2.25. The standard InChI is InChI=1S/C14H13N3O2S/c1-18-5-6-19-12-4-2-3-10(7-12)11-8-13-14(15-9-11)17-20-16-13/h2-4,7-9H,5-6H2,1H3. The molecule has 0 aliphatic rings. The maximum absolute atomic E-state index is 5.61. The van der Waals surface area contributed by atoms with Gasteiger partial charge in [0.15, 0.2) is 5.65 Å². The minimum atomic E-state index is 0.535. The fourth-order valence-electron chi connectivity index (χ4n) is 1.85. The first-order valence-corrected chi connectivity index (χ1v) is 6.90. The normalized spacial score (nSPS) is 10.8. The van der Waals surface area contributed by atoms with E-state index in [1.165, 1.54) is 11.7 Å². The van der Waals surface area contributed by atoms with E-state index < -0.39 is 0 Å². The number of methoxy groups -OCH3 is 1. The summed E-state index contributed by atoms with van der Waals surface area (Å²) >= 11 is 1.17. The van der Waals surface area contributed by atoms with Crippen molar-refractivity contribution in [2.75, 3.05) is 20.3 Å². The summed E-state index contributed by atoms with van der Waals surface area (Å²) in [6.07, 6.45) is 1.80. The third-order valence-corrected chi connectivity index (χ3v) is 3.37. The lowest BCUT2D eigenvalue weighted by atomic mass is 10.1. The molecule has 6 heteroatoms. The molecule has 20 heavy (non-hydrogen) atoms. The van der Waals surface area contributed by atoms with Crippen LogP contribution in [0.15, 0.2) is 36.5 Å². The van der Waals surface area contributed by atoms with E-state index in [0.29, 0.717) is 18.9 Å². The van der Waals surface area contributed by atoms with Gasteiger partial charge in [0.2, 0.25) is 0 Å². The Kier molecular flexibility index (Phi) is 3.85. The molecule has 102 valence electrons. The van der Waals surface area contributed by atoms with Crippen molar-refractivity contribution in [2.24, 2.45) is 0 Å². The largest absolute Gasteiger partial charge is 0.491 e. The van der Waals surface area contributed by atoms with Crippen molar-refractivity contribution in [1.29, 1.82) is 0 Å². The first-order chi connectivity index (χ1) is 9.86. The molecule has 0 bridgehead atoms. The Hall–Kier alpha value is -2.05. The number of hydrogen-bond acceptors (Lipinski definition) is 6. The molecule has 0 amide bonds. The van der Waals surface area contributed by atoms with Crippen LogP contribution in [0.3, 0.4) is 0 Å². The molecule has 2 heterocycles. The molecular weight excluding hydrogens is 274 g/mol. The number of rotatable bonds is 5. The van der Waals surface area contributed by atoms with Gasteiger partial charge in [-0.1, -0.05) is 12.1 Å². The van der Waals surface area contributed by atoms with Crippen LogP contribution in [0, 0.1) is 0 Å². The number of hydrogen-bond donors (Lipinski definition) is 0. The van der Waals surface area contributed by atoms with Gasteiger partial charge < -0.3 is 9.47 Å². The molecule has 0 N–H and O–H groups in total. The second-order valence-corrected chi connectivity index (χ2v) is 4.73. The second kappa shape index (κ2) is 5.94. The van der Waals surface area contributed by atoms with Crippen molar-refractivity contribution in [2.45, 2.75) is 0 Å². The molecule has 3 aromatic rings. The number of pyridine rings is 1. The summed E-state index contributed by atoms with van der Waals surface area (Å²) in [5, 5.41) is 0. The van der Waals surface area contributed by atoms with Crippen LogP contribution < -0.4 is 4.74 Å². The molecule has 3 rings (SSSR count). The van der Waals surface area contributed by atoms with Crippen LogP contribution in [0.2, 0.25) is 0 Å². The van der Waals surface area contributed by atoms with Crippen LogP contribution in [-0.4, -0.2) is 34.1 Å². The molecular formula is C14H13N3O2S. The highest BCUT2D eigenvalue weighted by Gasteiger charge is 2.05. The van der Waals surface area contributed by atoms with Crippen LogP contribution in [0.25, 0.3) is 22.3 Å². The first kappa shape index (κ1) is 13.0. The molecule has 0 unspecified atom stereocenters. The summed E-state index contributed by atoms with van der Waals surface area (Å²) in [6, 6.07) is 9.88. The average Bonchev–Trinajstić information content (AvgIpc) is 2.95. The second-order valence-electron chi connectivity index (χ2n) is 4.20. The van der Waals surface area contributed by atoms with Gasteiger partial charge in [0.1, 0.15) is 17.9 Å². The number of fused-ring (bicyclic) bond motifs is 1. The van der Waals surface area contributed by atoms with Crippen molar-refractivity contribution in [1.82, 2.24) is 13.7 Å². The van der Waals surface area contributed by atoms with Crippen LogP contribution in [0.4, 0.5) is 0 Å². The summed E-state index contributed by atoms with van der Waals surface area (Å²) in [4.78, 5) is 4.30. The van der Waals surface area contributed by atoms with Crippen LogP contribution in [0.1, 0.15) is 0 Å². The quantitative estimate of drug-likeness (QED) is 0.675. The molecule has 0 saturated carbocycles. The van der Waals surface area contributed by atoms with E-state index in [4.69, 9.17) is 9.47 Å². The van der Waals surface area contributed by atoms with Crippen molar-refractivity contribution in [3.63, 3.8) is 0 Å². The van der Waals surface area contributed by atoms with Gasteiger partial charge in [0.05, 0.1) is 18.3 Å². The molecule has 0 spiro atoms. The van der Waals surface area contributed by atoms with Gasteiger partial charge in [0.25, 0.3) is 0 Å².